The van der Waals surface area contributed by atoms with Crippen LogP contribution < -0.4 is 0 Å². The highest BCUT2D eigenvalue weighted by atomic mass is 16.2. The van der Waals surface area contributed by atoms with E-state index in [1.807, 2.05) is 0 Å². The van der Waals surface area contributed by atoms with Crippen LogP contribution in [0.25, 0.3) is 0 Å². The number of likely N-dealkylation sites (tertiary alicyclic amines) is 2. The van der Waals surface area contributed by atoms with Crippen LogP contribution in [-0.4, -0.2) is 67.0 Å². The lowest BCUT2D eigenvalue weighted by Gasteiger charge is -2.32. The summed E-state index contributed by atoms with van der Waals surface area (Å²) in [5.41, 5.74) is 0. The quantitative estimate of drug-likeness (QED) is 0.752. The second kappa shape index (κ2) is 6.41. The fourth-order valence-electron chi connectivity index (χ4n) is 3.14. The second-order valence-electron chi connectivity index (χ2n) is 5.94. The molecule has 0 radical (unpaired) electrons. The van der Waals surface area contributed by atoms with Crippen molar-refractivity contribution < 1.29 is 4.79 Å². The Kier molecular flexibility index (Phi) is 4.87. The molecule has 0 bridgehead atoms. The Morgan fingerprint density at radius 1 is 1.06 bits per heavy atom. The van der Waals surface area contributed by atoms with Gasteiger partial charge in [-0.05, 0) is 39.8 Å². The molecule has 2 heterocycles. The summed E-state index contributed by atoms with van der Waals surface area (Å²) >= 11 is 0. The largest absolute Gasteiger partial charge is 0.325 e. The van der Waals surface area contributed by atoms with Crippen molar-refractivity contribution in [3.8, 4) is 0 Å². The maximum atomic E-state index is 12.6. The van der Waals surface area contributed by atoms with E-state index in [9.17, 15) is 4.79 Å². The van der Waals surface area contributed by atoms with E-state index < -0.39 is 0 Å². The van der Waals surface area contributed by atoms with Gasteiger partial charge >= 0.3 is 6.03 Å². The minimum Gasteiger partial charge on any atom is -0.325 e. The molecule has 0 saturated carbocycles. The van der Waals surface area contributed by atoms with E-state index >= 15 is 0 Å². The zero-order chi connectivity index (χ0) is 13.0. The Morgan fingerprint density at radius 2 is 1.72 bits per heavy atom. The minimum atomic E-state index is 0.293. The maximum absolute atomic E-state index is 12.6. The van der Waals surface area contributed by atoms with E-state index in [1.54, 1.807) is 0 Å². The normalized spacial score (nSPS) is 25.6. The SMILES string of the molecule is CN(C)CC1CCCN1C(=O)N1CCCCCC1. The molecule has 104 valence electrons. The lowest BCUT2D eigenvalue weighted by atomic mass is 10.2. The van der Waals surface area contributed by atoms with Crippen LogP contribution in [0.2, 0.25) is 0 Å². The lowest BCUT2D eigenvalue weighted by Crippen LogP contribution is -2.48. The average molecular weight is 253 g/mol. The highest BCUT2D eigenvalue weighted by molar-refractivity contribution is 5.75. The number of nitrogens with zero attached hydrogens (tertiary/aromatic N) is 3. The highest BCUT2D eigenvalue weighted by Gasteiger charge is 2.31. The molecule has 0 aromatic carbocycles. The zero-order valence-electron chi connectivity index (χ0n) is 11.9. The van der Waals surface area contributed by atoms with E-state index in [-0.39, 0.29) is 0 Å². The first kappa shape index (κ1) is 13.7. The molecular formula is C14H27N3O. The van der Waals surface area contributed by atoms with Gasteiger partial charge in [-0.3, -0.25) is 0 Å². The molecule has 0 spiro atoms. The second-order valence-corrected chi connectivity index (χ2v) is 5.94. The number of urea groups is 1. The Hall–Kier alpha value is -0.770. The van der Waals surface area contributed by atoms with Gasteiger partial charge < -0.3 is 14.7 Å². The van der Waals surface area contributed by atoms with Crippen molar-refractivity contribution in [2.45, 2.75) is 44.6 Å². The van der Waals surface area contributed by atoms with E-state index in [4.69, 9.17) is 0 Å². The summed E-state index contributed by atoms with van der Waals surface area (Å²) in [6, 6.07) is 0.719. The summed E-state index contributed by atoms with van der Waals surface area (Å²) < 4.78 is 0. The third kappa shape index (κ3) is 3.37. The number of carbonyl (C=O) groups excluding carboxylic acids is 1. The maximum Gasteiger partial charge on any atom is 0.320 e. The van der Waals surface area contributed by atoms with Crippen LogP contribution in [0.15, 0.2) is 0 Å². The Balaban J connectivity index is 1.93. The third-order valence-corrected chi connectivity index (χ3v) is 4.08. The standard InChI is InChI=1S/C14H27N3O/c1-15(2)12-13-8-7-11-17(13)14(18)16-9-5-3-4-6-10-16/h13H,3-12H2,1-2H3. The Morgan fingerprint density at radius 3 is 2.33 bits per heavy atom. The molecule has 0 aliphatic carbocycles. The minimum absolute atomic E-state index is 0.293. The van der Waals surface area contributed by atoms with Crippen LogP contribution in [0.5, 0.6) is 0 Å². The fraction of sp³-hybridized carbons (Fsp3) is 0.929. The van der Waals surface area contributed by atoms with Crippen molar-refractivity contribution in [3.63, 3.8) is 0 Å². The molecule has 2 saturated heterocycles. The smallest absolute Gasteiger partial charge is 0.320 e. The molecule has 0 aromatic heterocycles. The molecule has 1 unspecified atom stereocenters. The van der Waals surface area contributed by atoms with Crippen LogP contribution >= 0.6 is 0 Å². The molecule has 2 amide bonds. The van der Waals surface area contributed by atoms with Crippen molar-refractivity contribution in [1.29, 1.82) is 0 Å². The van der Waals surface area contributed by atoms with Crippen molar-refractivity contribution >= 4 is 6.03 Å². The van der Waals surface area contributed by atoms with Crippen molar-refractivity contribution in [3.05, 3.63) is 0 Å². The lowest BCUT2D eigenvalue weighted by molar-refractivity contribution is 0.141. The van der Waals surface area contributed by atoms with Crippen LogP contribution in [0.3, 0.4) is 0 Å². The number of likely N-dealkylation sites (N-methyl/N-ethyl adjacent to an activating group) is 1. The summed E-state index contributed by atoms with van der Waals surface area (Å²) in [7, 11) is 4.18. The number of hydrogen-bond donors (Lipinski definition) is 0. The number of hydrogen-bond acceptors (Lipinski definition) is 2. The van der Waals surface area contributed by atoms with Crippen LogP contribution in [0.4, 0.5) is 4.79 Å². The van der Waals surface area contributed by atoms with E-state index in [0.717, 1.165) is 39.0 Å². The van der Waals surface area contributed by atoms with Gasteiger partial charge in [-0.25, -0.2) is 4.79 Å². The topological polar surface area (TPSA) is 26.8 Å². The molecule has 2 aliphatic rings. The molecule has 0 N–H and O–H groups in total. The highest BCUT2D eigenvalue weighted by Crippen LogP contribution is 2.21. The van der Waals surface area contributed by atoms with Gasteiger partial charge in [0.15, 0.2) is 0 Å². The predicted octanol–water partition coefficient (Wildman–Crippen LogP) is 2.01. The molecule has 2 fully saturated rings. The van der Waals surface area contributed by atoms with Crippen molar-refractivity contribution in [2.24, 2.45) is 0 Å². The summed E-state index contributed by atoms with van der Waals surface area (Å²) in [5.74, 6) is 0. The Labute approximate surface area is 111 Å². The number of rotatable bonds is 2. The first-order chi connectivity index (χ1) is 8.68. The van der Waals surface area contributed by atoms with Crippen LogP contribution in [0.1, 0.15) is 38.5 Å². The molecule has 4 heteroatoms. The number of amides is 2. The van der Waals surface area contributed by atoms with E-state index in [2.05, 4.69) is 28.8 Å². The molecular weight excluding hydrogens is 226 g/mol. The summed E-state index contributed by atoms with van der Waals surface area (Å²) in [5, 5.41) is 0. The molecule has 2 rings (SSSR count). The first-order valence-electron chi connectivity index (χ1n) is 7.39. The van der Waals surface area contributed by atoms with Crippen molar-refractivity contribution in [1.82, 2.24) is 14.7 Å². The van der Waals surface area contributed by atoms with Gasteiger partial charge in [-0.2, -0.15) is 0 Å². The molecule has 1 atom stereocenters. The Bertz CT molecular complexity index is 272. The van der Waals surface area contributed by atoms with E-state index in [0.29, 0.717) is 12.1 Å². The molecule has 4 nitrogen and oxygen atoms in total. The van der Waals surface area contributed by atoms with Crippen LogP contribution in [0, 0.1) is 0 Å². The summed E-state index contributed by atoms with van der Waals surface area (Å²) in [6.07, 6.45) is 7.25. The van der Waals surface area contributed by atoms with Gasteiger partial charge in [0.05, 0.1) is 0 Å². The zero-order valence-corrected chi connectivity index (χ0v) is 11.9. The average Bonchev–Trinajstić information content (AvgIpc) is 2.63. The third-order valence-electron chi connectivity index (χ3n) is 4.08. The fourth-order valence-corrected chi connectivity index (χ4v) is 3.14. The van der Waals surface area contributed by atoms with Gasteiger partial charge in [-0.15, -0.1) is 0 Å². The van der Waals surface area contributed by atoms with Gasteiger partial charge in [0.25, 0.3) is 0 Å². The van der Waals surface area contributed by atoms with Gasteiger partial charge in [0.1, 0.15) is 0 Å². The molecule has 18 heavy (non-hydrogen) atoms. The van der Waals surface area contributed by atoms with Crippen molar-refractivity contribution in [2.75, 3.05) is 40.3 Å². The van der Waals surface area contributed by atoms with Crippen LogP contribution in [-0.2, 0) is 0 Å². The summed E-state index contributed by atoms with van der Waals surface area (Å²) in [6.45, 7) is 3.88. The van der Waals surface area contributed by atoms with Gasteiger partial charge in [0, 0.05) is 32.2 Å². The summed E-state index contributed by atoms with van der Waals surface area (Å²) in [4.78, 5) is 19.0. The number of carbonyl (C=O) groups is 1. The first-order valence-corrected chi connectivity index (χ1v) is 7.39. The predicted molar refractivity (Wildman–Crippen MR) is 73.7 cm³/mol. The molecule has 2 aliphatic heterocycles. The molecule has 0 aromatic rings. The van der Waals surface area contributed by atoms with Gasteiger partial charge in [-0.1, -0.05) is 12.8 Å². The van der Waals surface area contributed by atoms with E-state index in [1.165, 1.54) is 25.7 Å². The monoisotopic (exact) mass is 253 g/mol. The van der Waals surface area contributed by atoms with Gasteiger partial charge in [0.2, 0.25) is 0 Å².